The lowest BCUT2D eigenvalue weighted by atomic mass is 9.88. The fraction of sp³-hybridized carbons (Fsp3) is 1.00. The minimum atomic E-state index is 0.851. The molecule has 2 aliphatic rings. The molecule has 0 aromatic carbocycles. The first kappa shape index (κ1) is 15.3. The van der Waals surface area contributed by atoms with Crippen LogP contribution in [0.15, 0.2) is 0 Å². The van der Waals surface area contributed by atoms with Crippen LogP contribution >= 0.6 is 0 Å². The van der Waals surface area contributed by atoms with E-state index < -0.39 is 0 Å². The summed E-state index contributed by atoms with van der Waals surface area (Å²) in [6, 6.07) is 0. The summed E-state index contributed by atoms with van der Waals surface area (Å²) in [6.45, 7) is 17.5. The van der Waals surface area contributed by atoms with Gasteiger partial charge in [-0.05, 0) is 62.6 Å². The van der Waals surface area contributed by atoms with Gasteiger partial charge in [-0.3, -0.25) is 0 Å². The Hall–Kier alpha value is -0.0800. The van der Waals surface area contributed by atoms with Crippen molar-refractivity contribution in [1.29, 1.82) is 0 Å². The Labute approximate surface area is 120 Å². The van der Waals surface area contributed by atoms with Gasteiger partial charge >= 0.3 is 0 Å². The van der Waals surface area contributed by atoms with E-state index in [2.05, 4.69) is 37.5 Å². The number of hydrogen-bond donors (Lipinski definition) is 0. The summed E-state index contributed by atoms with van der Waals surface area (Å²) in [6.07, 6.45) is 4.19. The molecule has 2 nitrogen and oxygen atoms in total. The maximum absolute atomic E-state index is 2.74. The van der Waals surface area contributed by atoms with Gasteiger partial charge in [0, 0.05) is 19.6 Å². The summed E-state index contributed by atoms with van der Waals surface area (Å²) >= 11 is 0. The summed E-state index contributed by atoms with van der Waals surface area (Å²) in [7, 11) is 0. The summed E-state index contributed by atoms with van der Waals surface area (Å²) in [4.78, 5) is 5.47. The normalized spacial score (nSPS) is 29.4. The van der Waals surface area contributed by atoms with Crippen LogP contribution in [0.3, 0.4) is 0 Å². The Balaban J connectivity index is 1.72. The van der Waals surface area contributed by atoms with Gasteiger partial charge in [-0.15, -0.1) is 0 Å². The highest BCUT2D eigenvalue weighted by Crippen LogP contribution is 2.31. The molecular formula is C17H34N2. The first-order valence-electron chi connectivity index (χ1n) is 8.49. The van der Waals surface area contributed by atoms with Gasteiger partial charge in [0.2, 0.25) is 0 Å². The number of hydrogen-bond acceptors (Lipinski definition) is 2. The van der Waals surface area contributed by atoms with Gasteiger partial charge in [0.25, 0.3) is 0 Å². The van der Waals surface area contributed by atoms with E-state index in [1.165, 1.54) is 58.5 Å². The average molecular weight is 266 g/mol. The molecular weight excluding hydrogens is 232 g/mol. The molecule has 2 heteroatoms. The predicted molar refractivity (Wildman–Crippen MR) is 83.4 cm³/mol. The van der Waals surface area contributed by atoms with Gasteiger partial charge in [-0.1, -0.05) is 27.7 Å². The molecule has 112 valence electrons. The fourth-order valence-electron chi connectivity index (χ4n) is 3.61. The monoisotopic (exact) mass is 266 g/mol. The van der Waals surface area contributed by atoms with Crippen LogP contribution in [0.2, 0.25) is 0 Å². The largest absolute Gasteiger partial charge is 0.303 e. The lowest BCUT2D eigenvalue weighted by Crippen LogP contribution is -2.40. The Morgan fingerprint density at radius 3 is 1.95 bits per heavy atom. The molecule has 2 aliphatic heterocycles. The van der Waals surface area contributed by atoms with Crippen LogP contribution in [0.5, 0.6) is 0 Å². The second-order valence-electron chi connectivity index (χ2n) is 7.73. The number of likely N-dealkylation sites (tertiary alicyclic amines) is 2. The van der Waals surface area contributed by atoms with Crippen LogP contribution in [0.1, 0.15) is 47.0 Å². The highest BCUT2D eigenvalue weighted by Gasteiger charge is 2.36. The number of fused-ring (bicyclic) bond motifs is 1. The summed E-state index contributed by atoms with van der Waals surface area (Å²) in [5.74, 6) is 3.67. The van der Waals surface area contributed by atoms with Crippen molar-refractivity contribution in [3.05, 3.63) is 0 Å². The van der Waals surface area contributed by atoms with Gasteiger partial charge in [0.15, 0.2) is 0 Å². The fourth-order valence-corrected chi connectivity index (χ4v) is 3.61. The summed E-state index contributed by atoms with van der Waals surface area (Å²) < 4.78 is 0. The van der Waals surface area contributed by atoms with Crippen molar-refractivity contribution in [3.8, 4) is 0 Å². The van der Waals surface area contributed by atoms with Crippen molar-refractivity contribution >= 4 is 0 Å². The number of rotatable bonds is 6. The van der Waals surface area contributed by atoms with Crippen molar-refractivity contribution < 1.29 is 0 Å². The number of nitrogens with zero attached hydrogens (tertiary/aromatic N) is 2. The van der Waals surface area contributed by atoms with E-state index in [9.17, 15) is 0 Å². The predicted octanol–water partition coefficient (Wildman–Crippen LogP) is 3.33. The maximum atomic E-state index is 2.74. The van der Waals surface area contributed by atoms with E-state index in [0.29, 0.717) is 0 Å². The Kier molecular flexibility index (Phi) is 5.70. The molecule has 2 fully saturated rings. The van der Waals surface area contributed by atoms with Crippen molar-refractivity contribution in [2.75, 3.05) is 39.3 Å². The molecule has 0 aliphatic carbocycles. The minimum Gasteiger partial charge on any atom is -0.303 e. The van der Waals surface area contributed by atoms with E-state index in [-0.39, 0.29) is 0 Å². The molecule has 0 bridgehead atoms. The first-order chi connectivity index (χ1) is 9.04. The molecule has 19 heavy (non-hydrogen) atoms. The van der Waals surface area contributed by atoms with Crippen LogP contribution < -0.4 is 0 Å². The van der Waals surface area contributed by atoms with Gasteiger partial charge in [0.1, 0.15) is 0 Å². The number of piperidine rings is 1. The summed E-state index contributed by atoms with van der Waals surface area (Å²) in [5, 5.41) is 0. The zero-order chi connectivity index (χ0) is 13.8. The molecule has 2 saturated heterocycles. The van der Waals surface area contributed by atoms with Crippen LogP contribution in [0.25, 0.3) is 0 Å². The Morgan fingerprint density at radius 1 is 0.789 bits per heavy atom. The van der Waals surface area contributed by atoms with E-state index in [1.807, 2.05) is 0 Å². The third-order valence-corrected chi connectivity index (χ3v) is 5.01. The lowest BCUT2D eigenvalue weighted by molar-refractivity contribution is 0.142. The molecule has 0 N–H and O–H groups in total. The third kappa shape index (κ3) is 4.75. The molecule has 0 aromatic heterocycles. The summed E-state index contributed by atoms with van der Waals surface area (Å²) in [5.41, 5.74) is 0. The van der Waals surface area contributed by atoms with Gasteiger partial charge in [0.05, 0.1) is 0 Å². The van der Waals surface area contributed by atoms with Crippen LogP contribution in [-0.2, 0) is 0 Å². The molecule has 2 atom stereocenters. The molecule has 0 spiro atoms. The molecule has 0 radical (unpaired) electrons. The van der Waals surface area contributed by atoms with E-state index in [0.717, 1.165) is 23.7 Å². The van der Waals surface area contributed by atoms with Gasteiger partial charge < -0.3 is 9.80 Å². The Bertz CT molecular complexity index is 252. The van der Waals surface area contributed by atoms with Crippen molar-refractivity contribution in [3.63, 3.8) is 0 Å². The quantitative estimate of drug-likeness (QED) is 0.727. The third-order valence-electron chi connectivity index (χ3n) is 5.01. The zero-order valence-corrected chi connectivity index (χ0v) is 13.6. The van der Waals surface area contributed by atoms with Crippen molar-refractivity contribution in [2.45, 2.75) is 47.0 Å². The molecule has 0 saturated carbocycles. The van der Waals surface area contributed by atoms with Gasteiger partial charge in [-0.2, -0.15) is 0 Å². The molecule has 0 amide bonds. The molecule has 2 rings (SSSR count). The Morgan fingerprint density at radius 2 is 1.32 bits per heavy atom. The van der Waals surface area contributed by atoms with E-state index in [1.54, 1.807) is 0 Å². The maximum Gasteiger partial charge on any atom is 0.00252 e. The van der Waals surface area contributed by atoms with Crippen LogP contribution in [0, 0.1) is 23.7 Å². The highest BCUT2D eigenvalue weighted by molar-refractivity contribution is 4.89. The van der Waals surface area contributed by atoms with E-state index >= 15 is 0 Å². The molecule has 0 aromatic rings. The molecule has 2 heterocycles. The van der Waals surface area contributed by atoms with Crippen LogP contribution in [-0.4, -0.2) is 49.1 Å². The molecule has 0 unspecified atom stereocenters. The topological polar surface area (TPSA) is 6.48 Å². The second kappa shape index (κ2) is 7.08. The smallest absolute Gasteiger partial charge is 0.00252 e. The van der Waals surface area contributed by atoms with E-state index in [4.69, 9.17) is 0 Å². The van der Waals surface area contributed by atoms with Crippen molar-refractivity contribution in [1.82, 2.24) is 9.80 Å². The van der Waals surface area contributed by atoms with Gasteiger partial charge in [-0.25, -0.2) is 0 Å². The van der Waals surface area contributed by atoms with Crippen molar-refractivity contribution in [2.24, 2.45) is 23.7 Å². The van der Waals surface area contributed by atoms with Crippen LogP contribution in [0.4, 0.5) is 0 Å². The average Bonchev–Trinajstić information content (AvgIpc) is 2.75. The highest BCUT2D eigenvalue weighted by atomic mass is 15.2. The minimum absolute atomic E-state index is 0.851. The SMILES string of the molecule is CC(C)CCN1CC[C@@H]2CN(CCC(C)C)C[C@@H]2C1. The second-order valence-corrected chi connectivity index (χ2v) is 7.73. The first-order valence-corrected chi connectivity index (χ1v) is 8.49. The zero-order valence-electron chi connectivity index (χ0n) is 13.6. The lowest BCUT2D eigenvalue weighted by Gasteiger charge is -2.34. The standard InChI is InChI=1S/C17H34N2/c1-14(2)5-8-18-10-7-16-11-19(9-6-15(3)4)13-17(16)12-18/h14-17H,5-13H2,1-4H3/t16-,17+/m1/s1.